The van der Waals surface area contributed by atoms with E-state index in [1.54, 1.807) is 20.8 Å². The Morgan fingerprint density at radius 2 is 1.20 bits per heavy atom. The van der Waals surface area contributed by atoms with Gasteiger partial charge in [0.1, 0.15) is 11.4 Å². The Balaban J connectivity index is 0.000000435. The van der Waals surface area contributed by atoms with Crippen LogP contribution in [0.5, 0.6) is 0 Å². The molecule has 0 radical (unpaired) electrons. The molecule has 0 fully saturated rings. The van der Waals surface area contributed by atoms with Crippen molar-refractivity contribution in [3.63, 3.8) is 0 Å². The number of hydrogen-bond donors (Lipinski definition) is 0. The monoisotopic (exact) mass is 648 g/mol. The fourth-order valence-corrected chi connectivity index (χ4v) is 5.16. The van der Waals surface area contributed by atoms with E-state index in [4.69, 9.17) is 27.9 Å². The van der Waals surface area contributed by atoms with Crippen LogP contribution in [0.15, 0.2) is 46.2 Å². The molecule has 2 aromatic carbocycles. The molecule has 41 heavy (non-hydrogen) atoms. The summed E-state index contributed by atoms with van der Waals surface area (Å²) in [5.41, 5.74) is -0.820. The van der Waals surface area contributed by atoms with Gasteiger partial charge in [-0.2, -0.15) is 0 Å². The number of hydrogen-bond acceptors (Lipinski definition) is 10. The van der Waals surface area contributed by atoms with Gasteiger partial charge in [0.25, 0.3) is 0 Å². The molecule has 1 unspecified atom stereocenters. The molecule has 0 saturated heterocycles. The van der Waals surface area contributed by atoms with Crippen LogP contribution in [-0.2, 0) is 38.8 Å². The number of benzene rings is 2. The first-order chi connectivity index (χ1) is 18.5. The van der Waals surface area contributed by atoms with Crippen molar-refractivity contribution in [1.29, 1.82) is 0 Å². The van der Waals surface area contributed by atoms with Crippen LogP contribution < -0.4 is 0 Å². The van der Waals surface area contributed by atoms with E-state index in [-0.39, 0.29) is 43.2 Å². The average Bonchev–Trinajstić information content (AvgIpc) is 2.76. The molecule has 1 atom stereocenters. The second kappa shape index (κ2) is 13.8. The topological polar surface area (TPSA) is 163 Å². The highest BCUT2D eigenvalue weighted by molar-refractivity contribution is 7.91. The average molecular weight is 650 g/mol. The van der Waals surface area contributed by atoms with Crippen LogP contribution in [0.1, 0.15) is 61.8 Å². The number of halogens is 2. The van der Waals surface area contributed by atoms with Crippen molar-refractivity contribution in [2.75, 3.05) is 12.5 Å². The highest BCUT2D eigenvalue weighted by Crippen LogP contribution is 2.25. The number of Topliss-reactive ketones (excluding diaryl/α,β-unsaturated/α-hetero) is 4. The van der Waals surface area contributed by atoms with Gasteiger partial charge < -0.3 is 4.74 Å². The zero-order valence-electron chi connectivity index (χ0n) is 23.4. The molecule has 2 aromatic rings. The molecule has 2 rings (SSSR count). The minimum absolute atomic E-state index is 0.0409. The van der Waals surface area contributed by atoms with Crippen LogP contribution in [0, 0.1) is 5.92 Å². The summed E-state index contributed by atoms with van der Waals surface area (Å²) >= 11 is 11.8. The Morgan fingerprint density at radius 3 is 1.51 bits per heavy atom. The predicted molar refractivity (Wildman–Crippen MR) is 153 cm³/mol. The number of esters is 1. The standard InChI is InChI=1S/C16H19ClO6S.C11H11ClO4S/c1-9(18)13(15(20)23-16(2,3)4)14(19)11-7-6-10(8-12(11)17)24(5,21)22;1-7(13)5-11(14)9-4-3-8(6-10(9)12)17(2,15)16/h6-8,13H,1-5H3;3-4,6H,5H2,1-2H3. The first kappa shape index (κ1) is 36.1. The van der Waals surface area contributed by atoms with E-state index in [0.717, 1.165) is 25.5 Å². The summed E-state index contributed by atoms with van der Waals surface area (Å²) < 4.78 is 50.6. The Labute approximate surface area is 249 Å². The molecule has 0 aliphatic carbocycles. The van der Waals surface area contributed by atoms with Gasteiger partial charge in [0.2, 0.25) is 0 Å². The molecule has 0 aliphatic rings. The molecule has 0 N–H and O–H groups in total. The van der Waals surface area contributed by atoms with Crippen LogP contribution in [0.2, 0.25) is 10.0 Å². The quantitative estimate of drug-likeness (QED) is 0.216. The SMILES string of the molecule is CC(=O)C(C(=O)OC(C)(C)C)C(=O)c1ccc(S(C)(=O)=O)cc1Cl.CC(=O)CC(=O)c1ccc(S(C)(=O)=O)cc1Cl. The van der Waals surface area contributed by atoms with Crippen LogP contribution in [0.4, 0.5) is 0 Å². The van der Waals surface area contributed by atoms with Gasteiger partial charge in [-0.15, -0.1) is 0 Å². The van der Waals surface area contributed by atoms with E-state index in [2.05, 4.69) is 0 Å². The van der Waals surface area contributed by atoms with Crippen molar-refractivity contribution in [1.82, 2.24) is 0 Å². The molecule has 0 amide bonds. The number of sulfone groups is 2. The van der Waals surface area contributed by atoms with E-state index >= 15 is 0 Å². The third-order valence-corrected chi connectivity index (χ3v) is 7.87. The van der Waals surface area contributed by atoms with Gasteiger partial charge in [0.15, 0.2) is 42.9 Å². The van der Waals surface area contributed by atoms with Crippen molar-refractivity contribution in [3.8, 4) is 0 Å². The minimum atomic E-state index is -3.50. The number of rotatable bonds is 9. The second-order valence-electron chi connectivity index (χ2n) is 10.1. The molecule has 0 heterocycles. The van der Waals surface area contributed by atoms with Crippen molar-refractivity contribution >= 4 is 72.0 Å². The Hall–Kier alpha value is -2.93. The third kappa shape index (κ3) is 11.1. The number of carbonyl (C=O) groups excluding carboxylic acids is 5. The fraction of sp³-hybridized carbons (Fsp3) is 0.370. The smallest absolute Gasteiger partial charge is 0.325 e. The molecule has 0 aromatic heterocycles. The largest absolute Gasteiger partial charge is 0.459 e. The first-order valence-electron chi connectivity index (χ1n) is 11.7. The fourth-order valence-electron chi connectivity index (χ4n) is 3.17. The number of carbonyl (C=O) groups is 5. The highest BCUT2D eigenvalue weighted by atomic mass is 35.5. The first-order valence-corrected chi connectivity index (χ1v) is 16.3. The molecule has 14 heteroatoms. The molecule has 0 bridgehead atoms. The summed E-state index contributed by atoms with van der Waals surface area (Å²) in [6.07, 6.45) is 1.81. The maximum Gasteiger partial charge on any atom is 0.325 e. The van der Waals surface area contributed by atoms with Crippen LogP contribution in [0.25, 0.3) is 0 Å². The van der Waals surface area contributed by atoms with Gasteiger partial charge in [-0.05, 0) is 71.0 Å². The summed E-state index contributed by atoms with van der Waals surface area (Å²) in [5, 5.41) is -0.114. The highest BCUT2D eigenvalue weighted by Gasteiger charge is 2.36. The van der Waals surface area contributed by atoms with E-state index < -0.39 is 54.5 Å². The van der Waals surface area contributed by atoms with Crippen molar-refractivity contribution in [3.05, 3.63) is 57.6 Å². The lowest BCUT2D eigenvalue weighted by Crippen LogP contribution is -2.36. The lowest BCUT2D eigenvalue weighted by Gasteiger charge is -2.22. The lowest BCUT2D eigenvalue weighted by atomic mass is 9.94. The van der Waals surface area contributed by atoms with E-state index in [1.165, 1.54) is 37.3 Å². The van der Waals surface area contributed by atoms with Gasteiger partial charge >= 0.3 is 5.97 Å². The molecular formula is C27H30Cl2O10S2. The molecular weight excluding hydrogens is 619 g/mol. The maximum atomic E-state index is 12.5. The molecule has 0 saturated carbocycles. The predicted octanol–water partition coefficient (Wildman–Crippen LogP) is 4.38. The van der Waals surface area contributed by atoms with Gasteiger partial charge in [0, 0.05) is 23.6 Å². The molecule has 0 spiro atoms. The van der Waals surface area contributed by atoms with Crippen molar-refractivity contribution < 1.29 is 45.5 Å². The van der Waals surface area contributed by atoms with E-state index in [0.29, 0.717) is 0 Å². The van der Waals surface area contributed by atoms with Crippen LogP contribution in [-0.4, -0.2) is 64.1 Å². The number of ketones is 4. The van der Waals surface area contributed by atoms with Gasteiger partial charge in [-0.1, -0.05) is 23.2 Å². The number of ether oxygens (including phenoxy) is 1. The zero-order chi connectivity index (χ0) is 32.1. The Morgan fingerprint density at radius 1 is 0.780 bits per heavy atom. The minimum Gasteiger partial charge on any atom is -0.459 e. The summed E-state index contributed by atoms with van der Waals surface area (Å²) in [7, 11) is -6.85. The summed E-state index contributed by atoms with van der Waals surface area (Å²) in [4.78, 5) is 58.8. The van der Waals surface area contributed by atoms with Crippen LogP contribution in [0.3, 0.4) is 0 Å². The summed E-state index contributed by atoms with van der Waals surface area (Å²) in [5.74, 6) is -4.81. The third-order valence-electron chi connectivity index (χ3n) is 5.02. The summed E-state index contributed by atoms with van der Waals surface area (Å²) in [6.45, 7) is 7.24. The van der Waals surface area contributed by atoms with Gasteiger partial charge in [-0.3, -0.25) is 24.0 Å². The summed E-state index contributed by atoms with van der Waals surface area (Å²) in [6, 6.07) is 7.32. The molecule has 0 aliphatic heterocycles. The van der Waals surface area contributed by atoms with Crippen molar-refractivity contribution in [2.24, 2.45) is 5.92 Å². The Bertz CT molecular complexity index is 1600. The van der Waals surface area contributed by atoms with Crippen molar-refractivity contribution in [2.45, 2.75) is 56.4 Å². The van der Waals surface area contributed by atoms with E-state index in [1.807, 2.05) is 0 Å². The maximum absolute atomic E-state index is 12.5. The zero-order valence-corrected chi connectivity index (χ0v) is 26.5. The lowest BCUT2D eigenvalue weighted by molar-refractivity contribution is -0.159. The van der Waals surface area contributed by atoms with Crippen LogP contribution >= 0.6 is 23.2 Å². The van der Waals surface area contributed by atoms with E-state index in [9.17, 15) is 40.8 Å². The Kier molecular flexibility index (Phi) is 12.2. The van der Waals surface area contributed by atoms with Gasteiger partial charge in [0.05, 0.1) is 26.3 Å². The second-order valence-corrected chi connectivity index (χ2v) is 14.9. The normalized spacial score (nSPS) is 12.4. The van der Waals surface area contributed by atoms with Gasteiger partial charge in [-0.25, -0.2) is 16.8 Å². The molecule has 224 valence electrons. The molecule has 10 nitrogen and oxygen atoms in total.